The van der Waals surface area contributed by atoms with Crippen LogP contribution in [0.4, 0.5) is 0 Å². The van der Waals surface area contributed by atoms with Crippen LogP contribution in [0.5, 0.6) is 0 Å². The summed E-state index contributed by atoms with van der Waals surface area (Å²) in [5.41, 5.74) is 2.30. The molecule has 1 aromatic carbocycles. The Kier molecular flexibility index (Phi) is 4.62. The van der Waals surface area contributed by atoms with Crippen LogP contribution in [-0.4, -0.2) is 26.9 Å². The summed E-state index contributed by atoms with van der Waals surface area (Å²) < 4.78 is 0. The SMILES string of the molecule is O=C(NC1CC(c2cc(=O)[nH]cn2)C1)c1csc(Cc2ccccc2)n1. The van der Waals surface area contributed by atoms with E-state index in [1.165, 1.54) is 29.3 Å². The zero-order valence-corrected chi connectivity index (χ0v) is 14.8. The van der Waals surface area contributed by atoms with Crippen molar-refractivity contribution in [2.24, 2.45) is 0 Å². The van der Waals surface area contributed by atoms with Gasteiger partial charge < -0.3 is 10.3 Å². The van der Waals surface area contributed by atoms with Crippen LogP contribution in [-0.2, 0) is 6.42 Å². The van der Waals surface area contributed by atoms with Crippen LogP contribution >= 0.6 is 11.3 Å². The van der Waals surface area contributed by atoms with Crippen LogP contribution in [0.15, 0.2) is 52.9 Å². The largest absolute Gasteiger partial charge is 0.348 e. The second-order valence-electron chi connectivity index (χ2n) is 6.46. The van der Waals surface area contributed by atoms with E-state index < -0.39 is 0 Å². The molecular formula is C19H18N4O2S. The second kappa shape index (κ2) is 7.21. The molecule has 0 saturated heterocycles. The molecule has 4 rings (SSSR count). The van der Waals surface area contributed by atoms with Gasteiger partial charge in [0.15, 0.2) is 0 Å². The molecule has 2 N–H and O–H groups in total. The Morgan fingerprint density at radius 3 is 2.85 bits per heavy atom. The topological polar surface area (TPSA) is 87.7 Å². The van der Waals surface area contributed by atoms with Crippen molar-refractivity contribution in [1.29, 1.82) is 0 Å². The number of hydrogen-bond donors (Lipinski definition) is 2. The molecule has 6 nitrogen and oxygen atoms in total. The summed E-state index contributed by atoms with van der Waals surface area (Å²) in [6.45, 7) is 0. The van der Waals surface area contributed by atoms with Crippen LogP contribution in [0.2, 0.25) is 0 Å². The molecule has 1 fully saturated rings. The number of carbonyl (C=O) groups excluding carboxylic acids is 1. The lowest BCUT2D eigenvalue weighted by molar-refractivity contribution is 0.0903. The number of nitrogens with one attached hydrogen (secondary N) is 2. The smallest absolute Gasteiger partial charge is 0.270 e. The average molecular weight is 366 g/mol. The van der Waals surface area contributed by atoms with E-state index in [1.807, 2.05) is 23.6 Å². The number of aromatic amines is 1. The van der Waals surface area contributed by atoms with E-state index in [1.54, 1.807) is 0 Å². The van der Waals surface area contributed by atoms with Gasteiger partial charge in [0.1, 0.15) is 5.69 Å². The maximum Gasteiger partial charge on any atom is 0.270 e. The zero-order valence-electron chi connectivity index (χ0n) is 14.0. The van der Waals surface area contributed by atoms with Crippen molar-refractivity contribution >= 4 is 17.2 Å². The third kappa shape index (κ3) is 3.72. The van der Waals surface area contributed by atoms with E-state index in [2.05, 4.69) is 32.4 Å². The number of carbonyl (C=O) groups is 1. The van der Waals surface area contributed by atoms with Gasteiger partial charge in [-0.25, -0.2) is 9.97 Å². The van der Waals surface area contributed by atoms with Crippen molar-refractivity contribution in [3.8, 4) is 0 Å². The molecule has 3 aromatic rings. The standard InChI is InChI=1S/C19H18N4O2S/c24-17-9-15(20-11-21-17)13-7-14(8-13)22-19(25)16-10-26-18(23-16)6-12-4-2-1-3-5-12/h1-5,9-11,13-14H,6-8H2,(H,22,25)(H,20,21,24). The molecule has 132 valence electrons. The molecule has 26 heavy (non-hydrogen) atoms. The lowest BCUT2D eigenvalue weighted by atomic mass is 9.78. The first-order valence-corrected chi connectivity index (χ1v) is 9.39. The number of hydrogen-bond acceptors (Lipinski definition) is 5. The Morgan fingerprint density at radius 1 is 1.27 bits per heavy atom. The van der Waals surface area contributed by atoms with Crippen molar-refractivity contribution in [2.45, 2.75) is 31.2 Å². The number of rotatable bonds is 5. The van der Waals surface area contributed by atoms with E-state index in [-0.39, 0.29) is 23.4 Å². The maximum absolute atomic E-state index is 12.4. The Morgan fingerprint density at radius 2 is 2.08 bits per heavy atom. The third-order valence-electron chi connectivity index (χ3n) is 4.57. The van der Waals surface area contributed by atoms with Gasteiger partial charge in [0, 0.05) is 29.8 Å². The van der Waals surface area contributed by atoms with Gasteiger partial charge in [-0.05, 0) is 18.4 Å². The number of H-pyrrole nitrogens is 1. The summed E-state index contributed by atoms with van der Waals surface area (Å²) >= 11 is 1.50. The molecule has 0 radical (unpaired) electrons. The number of benzene rings is 1. The summed E-state index contributed by atoms with van der Waals surface area (Å²) in [5, 5.41) is 5.75. The van der Waals surface area contributed by atoms with Crippen LogP contribution in [0.1, 0.15) is 45.5 Å². The van der Waals surface area contributed by atoms with Crippen LogP contribution in [0.3, 0.4) is 0 Å². The van der Waals surface area contributed by atoms with Crippen LogP contribution in [0, 0.1) is 0 Å². The van der Waals surface area contributed by atoms with Crippen molar-refractivity contribution in [2.75, 3.05) is 0 Å². The highest BCUT2D eigenvalue weighted by molar-refractivity contribution is 7.09. The van der Waals surface area contributed by atoms with Crippen molar-refractivity contribution < 1.29 is 4.79 Å². The summed E-state index contributed by atoms with van der Waals surface area (Å²) in [7, 11) is 0. The lowest BCUT2D eigenvalue weighted by Gasteiger charge is -2.35. The minimum Gasteiger partial charge on any atom is -0.348 e. The molecule has 2 aromatic heterocycles. The fourth-order valence-electron chi connectivity index (χ4n) is 3.11. The van der Waals surface area contributed by atoms with Gasteiger partial charge in [-0.3, -0.25) is 9.59 Å². The normalized spacial score (nSPS) is 18.9. The first kappa shape index (κ1) is 16.7. The molecule has 0 aliphatic heterocycles. The molecule has 1 aliphatic carbocycles. The quantitative estimate of drug-likeness (QED) is 0.726. The lowest BCUT2D eigenvalue weighted by Crippen LogP contribution is -2.43. The predicted octanol–water partition coefficient (Wildman–Crippen LogP) is 2.49. The Bertz CT molecular complexity index is 961. The third-order valence-corrected chi connectivity index (χ3v) is 5.42. The van der Waals surface area contributed by atoms with Gasteiger partial charge in [-0.15, -0.1) is 11.3 Å². The molecular weight excluding hydrogens is 348 g/mol. The number of aromatic nitrogens is 3. The van der Waals surface area contributed by atoms with Gasteiger partial charge in [-0.1, -0.05) is 30.3 Å². The van der Waals surface area contributed by atoms with Gasteiger partial charge >= 0.3 is 0 Å². The summed E-state index contributed by atoms with van der Waals surface area (Å²) in [6, 6.07) is 11.7. The molecule has 0 spiro atoms. The fraction of sp³-hybridized carbons (Fsp3) is 0.263. The monoisotopic (exact) mass is 366 g/mol. The molecule has 1 amide bonds. The van der Waals surface area contributed by atoms with Gasteiger partial charge in [0.05, 0.1) is 17.0 Å². The van der Waals surface area contributed by atoms with Crippen molar-refractivity contribution in [3.05, 3.63) is 80.4 Å². The molecule has 0 atom stereocenters. The summed E-state index contributed by atoms with van der Waals surface area (Å²) in [4.78, 5) is 34.9. The summed E-state index contributed by atoms with van der Waals surface area (Å²) in [6.07, 6.45) is 3.75. The van der Waals surface area contributed by atoms with Crippen LogP contribution < -0.4 is 10.9 Å². The van der Waals surface area contributed by atoms with Gasteiger partial charge in [0.2, 0.25) is 0 Å². The molecule has 2 heterocycles. The van der Waals surface area contributed by atoms with Gasteiger partial charge in [0.25, 0.3) is 11.5 Å². The highest BCUT2D eigenvalue weighted by Crippen LogP contribution is 2.35. The molecule has 0 bridgehead atoms. The number of thiazole rings is 1. The molecule has 0 unspecified atom stereocenters. The van der Waals surface area contributed by atoms with E-state index in [4.69, 9.17) is 0 Å². The van der Waals surface area contributed by atoms with Crippen molar-refractivity contribution in [1.82, 2.24) is 20.3 Å². The Labute approximate surface area is 154 Å². The highest BCUT2D eigenvalue weighted by Gasteiger charge is 2.33. The van der Waals surface area contributed by atoms with E-state index in [9.17, 15) is 9.59 Å². The first-order chi connectivity index (χ1) is 12.7. The summed E-state index contributed by atoms with van der Waals surface area (Å²) in [5.74, 6) is 0.0922. The minimum atomic E-state index is -0.143. The van der Waals surface area contributed by atoms with E-state index >= 15 is 0 Å². The predicted molar refractivity (Wildman–Crippen MR) is 99.4 cm³/mol. The van der Waals surface area contributed by atoms with Crippen molar-refractivity contribution in [3.63, 3.8) is 0 Å². The Balaban J connectivity index is 1.31. The zero-order chi connectivity index (χ0) is 17.9. The minimum absolute atomic E-state index is 0.105. The maximum atomic E-state index is 12.4. The number of nitrogens with zero attached hydrogens (tertiary/aromatic N) is 2. The van der Waals surface area contributed by atoms with E-state index in [0.29, 0.717) is 5.69 Å². The molecule has 1 saturated carbocycles. The Hall–Kier alpha value is -2.80. The molecule has 7 heteroatoms. The fourth-order valence-corrected chi connectivity index (χ4v) is 3.92. The number of amides is 1. The van der Waals surface area contributed by atoms with E-state index in [0.717, 1.165) is 30.0 Å². The first-order valence-electron chi connectivity index (χ1n) is 8.51. The van der Waals surface area contributed by atoms with Gasteiger partial charge in [-0.2, -0.15) is 0 Å². The highest BCUT2D eigenvalue weighted by atomic mass is 32.1. The van der Waals surface area contributed by atoms with Crippen LogP contribution in [0.25, 0.3) is 0 Å². The molecule has 1 aliphatic rings. The second-order valence-corrected chi connectivity index (χ2v) is 7.41. The average Bonchev–Trinajstić information content (AvgIpc) is 3.07.